The lowest BCUT2D eigenvalue weighted by atomic mass is 9.50. The third-order valence-electron chi connectivity index (χ3n) is 6.76. The molecule has 2 bridgehead atoms. The first-order valence-electron chi connectivity index (χ1n) is 11.4. The summed E-state index contributed by atoms with van der Waals surface area (Å²) in [5.41, 5.74) is 0.402. The van der Waals surface area contributed by atoms with Gasteiger partial charge in [0, 0.05) is 11.6 Å². The highest BCUT2D eigenvalue weighted by molar-refractivity contribution is 6.29. The highest BCUT2D eigenvalue weighted by Gasteiger charge is 2.58. The Bertz CT molecular complexity index is 1330. The summed E-state index contributed by atoms with van der Waals surface area (Å²) >= 11 is 6.02. The van der Waals surface area contributed by atoms with Crippen LogP contribution in [-0.2, 0) is 20.8 Å². The molecule has 1 aliphatic heterocycles. The molecule has 3 aromatic rings. The number of aromatic amines is 1. The number of fused-ring (bicyclic) bond motifs is 1. The van der Waals surface area contributed by atoms with Crippen molar-refractivity contribution in [3.8, 4) is 0 Å². The third kappa shape index (κ3) is 4.78. The van der Waals surface area contributed by atoms with Crippen LogP contribution in [0.3, 0.4) is 0 Å². The number of carbonyl (C=O) groups excluding carboxylic acids is 1. The number of H-pyrrole nitrogens is 1. The number of hydrogen-bond acceptors (Lipinski definition) is 8. The molecular formula is C21H20ClF4N7O4. The summed E-state index contributed by atoms with van der Waals surface area (Å²) in [7, 11) is 0. The van der Waals surface area contributed by atoms with E-state index in [1.54, 1.807) is 0 Å². The summed E-state index contributed by atoms with van der Waals surface area (Å²) < 4.78 is 68.0. The number of amides is 1. The van der Waals surface area contributed by atoms with E-state index in [1.807, 2.05) is 0 Å². The smallest absolute Gasteiger partial charge is 0.441 e. The molecule has 1 saturated heterocycles. The van der Waals surface area contributed by atoms with Gasteiger partial charge in [-0.15, -0.1) is 13.2 Å². The number of aromatic nitrogens is 5. The maximum atomic E-state index is 15.1. The summed E-state index contributed by atoms with van der Waals surface area (Å²) in [4.78, 5) is 16.3. The van der Waals surface area contributed by atoms with E-state index in [9.17, 15) is 18.0 Å². The summed E-state index contributed by atoms with van der Waals surface area (Å²) in [6, 6.07) is 2.83. The Hall–Kier alpha value is -3.17. The number of carbonyl (C=O) groups is 1. The van der Waals surface area contributed by atoms with Gasteiger partial charge in [-0.05, 0) is 31.2 Å². The first kappa shape index (κ1) is 24.2. The van der Waals surface area contributed by atoms with Gasteiger partial charge >= 0.3 is 12.5 Å². The van der Waals surface area contributed by atoms with E-state index in [2.05, 4.69) is 35.7 Å². The summed E-state index contributed by atoms with van der Waals surface area (Å²) in [6.07, 6.45) is -5.09. The van der Waals surface area contributed by atoms with Gasteiger partial charge in [0.05, 0.1) is 24.2 Å². The van der Waals surface area contributed by atoms with Crippen molar-refractivity contribution in [1.29, 1.82) is 0 Å². The van der Waals surface area contributed by atoms with Gasteiger partial charge < -0.3 is 20.1 Å². The highest BCUT2D eigenvalue weighted by atomic mass is 35.5. The molecule has 3 aliphatic carbocycles. The number of alkyl carbamates (subject to hydrolysis) is 1. The van der Waals surface area contributed by atoms with E-state index in [4.69, 9.17) is 21.1 Å². The molecule has 7 rings (SSSR count). The number of halogens is 5. The van der Waals surface area contributed by atoms with E-state index < -0.39 is 37.4 Å². The first-order chi connectivity index (χ1) is 17.6. The normalized spacial score (nSPS) is 28.6. The van der Waals surface area contributed by atoms with Gasteiger partial charge in [0.2, 0.25) is 0 Å². The van der Waals surface area contributed by atoms with E-state index in [0.717, 1.165) is 19.3 Å². The molecule has 11 nitrogen and oxygen atoms in total. The highest BCUT2D eigenvalue weighted by Crippen LogP contribution is 2.57. The Balaban J connectivity index is 1.11. The quantitative estimate of drug-likeness (QED) is 0.381. The lowest BCUT2D eigenvalue weighted by Gasteiger charge is -2.61. The monoisotopic (exact) mass is 545 g/mol. The Morgan fingerprint density at radius 2 is 2.11 bits per heavy atom. The average molecular weight is 546 g/mol. The van der Waals surface area contributed by atoms with Gasteiger partial charge in [0.15, 0.2) is 23.9 Å². The molecule has 0 aromatic carbocycles. The SMILES string of the molecule is O=C(NC12CC(C1)C2)O[C@@H]1CO[C@H](c2cc(Nc3nc(Cl)cn4nc(COC(F)(F)F)cc34)n[nH]2)[C@@H]1F. The lowest BCUT2D eigenvalue weighted by Crippen LogP contribution is -2.68. The van der Waals surface area contributed by atoms with Crippen LogP contribution in [-0.4, -0.2) is 61.7 Å². The van der Waals surface area contributed by atoms with Gasteiger partial charge in [-0.3, -0.25) is 9.84 Å². The van der Waals surface area contributed by atoms with Crippen LogP contribution in [0.15, 0.2) is 18.3 Å². The molecule has 198 valence electrons. The fraction of sp³-hybridized carbons (Fsp3) is 0.524. The molecule has 1 amide bonds. The largest absolute Gasteiger partial charge is 0.522 e. The first-order valence-corrected chi connectivity index (χ1v) is 11.8. The fourth-order valence-electron chi connectivity index (χ4n) is 4.95. The van der Waals surface area contributed by atoms with Crippen LogP contribution in [0.5, 0.6) is 0 Å². The van der Waals surface area contributed by atoms with Crippen molar-refractivity contribution in [2.45, 2.75) is 56.2 Å². The van der Waals surface area contributed by atoms with Crippen molar-refractivity contribution in [1.82, 2.24) is 30.1 Å². The molecule has 0 spiro atoms. The Morgan fingerprint density at radius 1 is 1.32 bits per heavy atom. The van der Waals surface area contributed by atoms with E-state index in [1.165, 1.54) is 22.8 Å². The van der Waals surface area contributed by atoms with E-state index in [0.29, 0.717) is 11.4 Å². The van der Waals surface area contributed by atoms with Gasteiger partial charge in [0.1, 0.15) is 23.4 Å². The number of alkyl halides is 4. The maximum absolute atomic E-state index is 15.1. The standard InChI is InChI=1S/C21H20ClF4N7O4/c22-14-6-33-12(1-10(32-33)7-36-21(24,25)26)18(27-14)28-15-2-11(30-31-15)17-16(23)13(8-35-17)37-19(34)29-20-3-9(4-20)5-20/h1-2,6,9,13,16-17H,3-5,7-8H2,(H,29,34)(H2,27,28,30,31)/t9?,13-,16-,17-,20?/m1/s1. The lowest BCUT2D eigenvalue weighted by molar-refractivity contribution is -0.330. The zero-order valence-corrected chi connectivity index (χ0v) is 19.6. The Labute approximate surface area is 210 Å². The second-order valence-corrected chi connectivity index (χ2v) is 9.86. The molecule has 4 fully saturated rings. The predicted octanol–water partition coefficient (Wildman–Crippen LogP) is 3.94. The van der Waals surface area contributed by atoms with E-state index >= 15 is 4.39 Å². The molecule has 37 heavy (non-hydrogen) atoms. The molecule has 3 aromatic heterocycles. The molecule has 3 N–H and O–H groups in total. The van der Waals surface area contributed by atoms with Crippen LogP contribution >= 0.6 is 11.6 Å². The van der Waals surface area contributed by atoms with Crippen LogP contribution in [0.25, 0.3) is 5.52 Å². The predicted molar refractivity (Wildman–Crippen MR) is 118 cm³/mol. The van der Waals surface area contributed by atoms with Crippen molar-refractivity contribution in [2.24, 2.45) is 5.92 Å². The minimum Gasteiger partial charge on any atom is -0.441 e. The maximum Gasteiger partial charge on any atom is 0.522 e. The van der Waals surface area contributed by atoms with Crippen molar-refractivity contribution >= 4 is 34.8 Å². The van der Waals surface area contributed by atoms with Crippen LogP contribution in [0.1, 0.15) is 36.8 Å². The summed E-state index contributed by atoms with van der Waals surface area (Å²) in [6.45, 7) is -0.916. The summed E-state index contributed by atoms with van der Waals surface area (Å²) in [5.74, 6) is 1.03. The van der Waals surface area contributed by atoms with Gasteiger partial charge in [-0.25, -0.2) is 18.7 Å². The topological polar surface area (TPSA) is 128 Å². The van der Waals surface area contributed by atoms with Gasteiger partial charge in [-0.1, -0.05) is 11.6 Å². The number of anilines is 2. The van der Waals surface area contributed by atoms with Crippen LogP contribution in [0, 0.1) is 5.92 Å². The van der Waals surface area contributed by atoms with Crippen molar-refractivity contribution in [3.05, 3.63) is 34.9 Å². The zero-order valence-electron chi connectivity index (χ0n) is 18.9. The Kier molecular flexibility index (Phi) is 5.69. The molecule has 16 heteroatoms. The average Bonchev–Trinajstić information content (AvgIpc) is 3.47. The molecule has 4 aliphatic rings. The molecule has 0 unspecified atom stereocenters. The van der Waals surface area contributed by atoms with Crippen molar-refractivity contribution in [3.63, 3.8) is 0 Å². The second kappa shape index (κ2) is 8.70. The van der Waals surface area contributed by atoms with Crippen LogP contribution in [0.4, 0.5) is 34.0 Å². The molecule has 4 heterocycles. The van der Waals surface area contributed by atoms with Crippen molar-refractivity contribution in [2.75, 3.05) is 11.9 Å². The molecule has 0 radical (unpaired) electrons. The zero-order chi connectivity index (χ0) is 25.9. The fourth-order valence-corrected chi connectivity index (χ4v) is 5.13. The number of hydrogen-bond donors (Lipinski definition) is 3. The number of nitrogens with zero attached hydrogens (tertiary/aromatic N) is 4. The van der Waals surface area contributed by atoms with E-state index in [-0.39, 0.29) is 40.3 Å². The minimum absolute atomic E-state index is 0.00380. The number of rotatable bonds is 7. The molecule has 3 atom stereocenters. The summed E-state index contributed by atoms with van der Waals surface area (Å²) in [5, 5.41) is 16.5. The number of ether oxygens (including phenoxy) is 3. The second-order valence-electron chi connectivity index (χ2n) is 9.47. The molecular weight excluding hydrogens is 526 g/mol. The van der Waals surface area contributed by atoms with Gasteiger partial charge in [-0.2, -0.15) is 10.2 Å². The van der Waals surface area contributed by atoms with Gasteiger partial charge in [0.25, 0.3) is 0 Å². The minimum atomic E-state index is -4.81. The molecule has 3 saturated carbocycles. The van der Waals surface area contributed by atoms with Crippen LogP contribution in [0.2, 0.25) is 5.15 Å². The third-order valence-corrected chi connectivity index (χ3v) is 6.94. The van der Waals surface area contributed by atoms with Crippen LogP contribution < -0.4 is 10.6 Å². The number of nitrogens with one attached hydrogen (secondary N) is 3. The van der Waals surface area contributed by atoms with Crippen molar-refractivity contribution < 1.29 is 36.6 Å². The Morgan fingerprint density at radius 3 is 2.81 bits per heavy atom.